The Morgan fingerprint density at radius 2 is 2.37 bits per heavy atom. The van der Waals surface area contributed by atoms with Crippen LogP contribution in [0.25, 0.3) is 0 Å². The van der Waals surface area contributed by atoms with Crippen molar-refractivity contribution in [1.82, 2.24) is 15.2 Å². The highest BCUT2D eigenvalue weighted by molar-refractivity contribution is 5.91. The summed E-state index contributed by atoms with van der Waals surface area (Å²) in [6.07, 6.45) is 1.18. The van der Waals surface area contributed by atoms with E-state index in [1.54, 1.807) is 6.07 Å². The van der Waals surface area contributed by atoms with Crippen LogP contribution in [0.2, 0.25) is 0 Å². The quantitative estimate of drug-likeness (QED) is 0.466. The van der Waals surface area contributed by atoms with E-state index in [-0.39, 0.29) is 11.7 Å². The van der Waals surface area contributed by atoms with Crippen LogP contribution in [0.4, 0.5) is 0 Å². The van der Waals surface area contributed by atoms with E-state index >= 15 is 0 Å². The van der Waals surface area contributed by atoms with Gasteiger partial charge in [0.1, 0.15) is 5.76 Å². The van der Waals surface area contributed by atoms with Crippen LogP contribution >= 0.6 is 0 Å². The predicted molar refractivity (Wildman–Crippen MR) is 72.5 cm³/mol. The summed E-state index contributed by atoms with van der Waals surface area (Å²) >= 11 is 0. The maximum absolute atomic E-state index is 11.4. The topological polar surface area (TPSA) is 74.7 Å². The zero-order valence-corrected chi connectivity index (χ0v) is 11.8. The van der Waals surface area contributed by atoms with Crippen LogP contribution in [0, 0.1) is 6.92 Å². The molecule has 0 radical (unpaired) electrons. The molecule has 2 heterocycles. The molecular weight excluding hydrogens is 244 g/mol. The maximum Gasteiger partial charge on any atom is 0.300 e. The van der Waals surface area contributed by atoms with E-state index in [4.69, 9.17) is 10.3 Å². The number of rotatable bonds is 4. The number of carbonyl (C=O) groups is 1. The molecule has 1 aliphatic rings. The van der Waals surface area contributed by atoms with Crippen LogP contribution in [0.1, 0.15) is 28.3 Å². The third kappa shape index (κ3) is 3.15. The third-order valence-electron chi connectivity index (χ3n) is 3.75. The summed E-state index contributed by atoms with van der Waals surface area (Å²) in [6, 6.07) is 2.39. The molecule has 6 heteroatoms. The zero-order valence-electron chi connectivity index (χ0n) is 11.8. The van der Waals surface area contributed by atoms with Crippen LogP contribution in [0.3, 0.4) is 0 Å². The lowest BCUT2D eigenvalue weighted by atomic mass is 10.2. The van der Waals surface area contributed by atoms with Crippen molar-refractivity contribution in [2.45, 2.75) is 25.9 Å². The number of nitrogens with one attached hydrogen (secondary N) is 1. The Hall–Kier alpha value is -1.37. The molecule has 0 bridgehead atoms. The fourth-order valence-corrected chi connectivity index (χ4v) is 2.48. The van der Waals surface area contributed by atoms with Crippen molar-refractivity contribution in [3.05, 3.63) is 23.2 Å². The van der Waals surface area contributed by atoms with Crippen molar-refractivity contribution in [3.8, 4) is 0 Å². The van der Waals surface area contributed by atoms with Crippen molar-refractivity contribution in [2.24, 2.45) is 5.84 Å². The molecule has 3 N–H and O–H groups in total. The summed E-state index contributed by atoms with van der Waals surface area (Å²) < 4.78 is 5.42. The molecule has 0 spiro atoms. The Labute approximate surface area is 113 Å². The van der Waals surface area contributed by atoms with Crippen molar-refractivity contribution in [2.75, 3.05) is 27.2 Å². The first kappa shape index (κ1) is 14.0. The van der Waals surface area contributed by atoms with Gasteiger partial charge in [0.15, 0.2) is 5.76 Å². The standard InChI is InChI=1S/C13H22N4O2/c1-9-10(6-12(19-9)13(18)15-14)7-17-5-4-11(8-17)16(2)3/h6,11H,4-5,7-8,14H2,1-3H3,(H,15,18). The summed E-state index contributed by atoms with van der Waals surface area (Å²) in [7, 11) is 4.22. The second-order valence-electron chi connectivity index (χ2n) is 5.31. The van der Waals surface area contributed by atoms with E-state index < -0.39 is 0 Å². The number of nitrogens with zero attached hydrogens (tertiary/aromatic N) is 2. The minimum absolute atomic E-state index is 0.276. The van der Waals surface area contributed by atoms with E-state index in [1.807, 2.05) is 6.92 Å². The monoisotopic (exact) mass is 266 g/mol. The molecule has 1 atom stereocenters. The van der Waals surface area contributed by atoms with Gasteiger partial charge in [-0.25, -0.2) is 5.84 Å². The van der Waals surface area contributed by atoms with Crippen LogP contribution < -0.4 is 11.3 Å². The van der Waals surface area contributed by atoms with Gasteiger partial charge in [-0.15, -0.1) is 0 Å². The first-order chi connectivity index (χ1) is 9.01. The number of furan rings is 1. The number of nitrogen functional groups attached to an aromatic ring is 1. The van der Waals surface area contributed by atoms with Crippen molar-refractivity contribution in [3.63, 3.8) is 0 Å². The number of hydrogen-bond donors (Lipinski definition) is 2. The highest BCUT2D eigenvalue weighted by Crippen LogP contribution is 2.20. The lowest BCUT2D eigenvalue weighted by Crippen LogP contribution is -2.31. The Balaban J connectivity index is 2.00. The largest absolute Gasteiger partial charge is 0.456 e. The number of likely N-dealkylation sites (N-methyl/N-ethyl adjacent to an activating group) is 1. The Bertz CT molecular complexity index is 455. The minimum atomic E-state index is -0.387. The van der Waals surface area contributed by atoms with Gasteiger partial charge in [-0.05, 0) is 33.5 Å². The van der Waals surface area contributed by atoms with E-state index in [0.29, 0.717) is 6.04 Å². The average Bonchev–Trinajstić information content (AvgIpc) is 2.97. The summed E-state index contributed by atoms with van der Waals surface area (Å²) in [4.78, 5) is 16.0. The van der Waals surface area contributed by atoms with Gasteiger partial charge in [0.2, 0.25) is 0 Å². The minimum Gasteiger partial charge on any atom is -0.456 e. The van der Waals surface area contributed by atoms with Gasteiger partial charge < -0.3 is 9.32 Å². The van der Waals surface area contributed by atoms with Gasteiger partial charge in [-0.1, -0.05) is 0 Å². The zero-order chi connectivity index (χ0) is 14.0. The second kappa shape index (κ2) is 5.73. The van der Waals surface area contributed by atoms with Crippen LogP contribution in [0.15, 0.2) is 10.5 Å². The average molecular weight is 266 g/mol. The predicted octanol–water partition coefficient (Wildman–Crippen LogP) is 0.327. The Morgan fingerprint density at radius 1 is 1.63 bits per heavy atom. The molecule has 106 valence electrons. The SMILES string of the molecule is Cc1oc(C(=O)NN)cc1CN1CCC(N(C)C)C1. The molecule has 2 rings (SSSR count). The molecule has 6 nitrogen and oxygen atoms in total. The van der Waals surface area contributed by atoms with Gasteiger partial charge in [0.05, 0.1) is 0 Å². The maximum atomic E-state index is 11.4. The van der Waals surface area contributed by atoms with E-state index in [0.717, 1.165) is 31.0 Å². The van der Waals surface area contributed by atoms with E-state index in [1.165, 1.54) is 6.42 Å². The van der Waals surface area contributed by atoms with Crippen molar-refractivity contribution < 1.29 is 9.21 Å². The number of likely N-dealkylation sites (tertiary alicyclic amines) is 1. The molecule has 0 aromatic carbocycles. The van der Waals surface area contributed by atoms with Crippen molar-refractivity contribution >= 4 is 5.91 Å². The summed E-state index contributed by atoms with van der Waals surface area (Å²) in [5.41, 5.74) is 3.14. The molecule has 1 saturated heterocycles. The smallest absolute Gasteiger partial charge is 0.300 e. The number of carbonyl (C=O) groups excluding carboxylic acids is 1. The third-order valence-corrected chi connectivity index (χ3v) is 3.75. The van der Waals surface area contributed by atoms with Gasteiger partial charge in [-0.3, -0.25) is 15.1 Å². The molecule has 1 aromatic heterocycles. The first-order valence-electron chi connectivity index (χ1n) is 6.50. The molecule has 1 fully saturated rings. The number of aryl methyl sites for hydroxylation is 1. The molecule has 0 saturated carbocycles. The highest BCUT2D eigenvalue weighted by atomic mass is 16.4. The lowest BCUT2D eigenvalue weighted by molar-refractivity contribution is 0.0924. The molecule has 0 aliphatic carbocycles. The van der Waals surface area contributed by atoms with E-state index in [2.05, 4.69) is 29.3 Å². The fraction of sp³-hybridized carbons (Fsp3) is 0.615. The number of amides is 1. The van der Waals surface area contributed by atoms with Crippen LogP contribution in [0.5, 0.6) is 0 Å². The molecule has 1 aliphatic heterocycles. The first-order valence-corrected chi connectivity index (χ1v) is 6.50. The Morgan fingerprint density at radius 3 is 2.95 bits per heavy atom. The van der Waals surface area contributed by atoms with E-state index in [9.17, 15) is 4.79 Å². The second-order valence-corrected chi connectivity index (χ2v) is 5.31. The molecule has 1 unspecified atom stereocenters. The fourth-order valence-electron chi connectivity index (χ4n) is 2.48. The molecule has 1 aromatic rings. The lowest BCUT2D eigenvalue weighted by Gasteiger charge is -2.20. The van der Waals surface area contributed by atoms with Crippen LogP contribution in [-0.2, 0) is 6.54 Å². The van der Waals surface area contributed by atoms with Gasteiger partial charge in [0.25, 0.3) is 0 Å². The van der Waals surface area contributed by atoms with Crippen LogP contribution in [-0.4, -0.2) is 48.9 Å². The number of hydrazine groups is 1. The number of hydrogen-bond acceptors (Lipinski definition) is 5. The number of nitrogens with two attached hydrogens (primary N) is 1. The molecule has 19 heavy (non-hydrogen) atoms. The van der Waals surface area contributed by atoms with Crippen molar-refractivity contribution in [1.29, 1.82) is 0 Å². The van der Waals surface area contributed by atoms with Gasteiger partial charge in [0, 0.05) is 31.2 Å². The Kier molecular flexibility index (Phi) is 4.24. The molecular formula is C13H22N4O2. The van der Waals surface area contributed by atoms with Gasteiger partial charge in [-0.2, -0.15) is 0 Å². The summed E-state index contributed by atoms with van der Waals surface area (Å²) in [5, 5.41) is 0. The normalized spacial score (nSPS) is 20.2. The molecule has 1 amide bonds. The summed E-state index contributed by atoms with van der Waals surface area (Å²) in [5.74, 6) is 5.78. The summed E-state index contributed by atoms with van der Waals surface area (Å²) in [6.45, 7) is 4.82. The van der Waals surface area contributed by atoms with Gasteiger partial charge >= 0.3 is 5.91 Å². The highest BCUT2D eigenvalue weighted by Gasteiger charge is 2.25.